The molecule has 2 rings (SSSR count). The van der Waals surface area contributed by atoms with E-state index in [1.165, 1.54) is 5.56 Å². The highest BCUT2D eigenvalue weighted by Crippen LogP contribution is 2.11. The van der Waals surface area contributed by atoms with Crippen molar-refractivity contribution in [1.29, 1.82) is 0 Å². The lowest BCUT2D eigenvalue weighted by Gasteiger charge is -2.08. The fraction of sp³-hybridized carbons (Fsp3) is 0.0833. The predicted octanol–water partition coefficient (Wildman–Crippen LogP) is 2.15. The maximum atomic E-state index is 10.9. The summed E-state index contributed by atoms with van der Waals surface area (Å²) in [6.07, 6.45) is 3.56. The molecule has 0 atom stereocenters. The van der Waals surface area contributed by atoms with Gasteiger partial charge in [0.05, 0.1) is 0 Å². The summed E-state index contributed by atoms with van der Waals surface area (Å²) < 4.78 is 1.94. The number of pyridine rings is 1. The van der Waals surface area contributed by atoms with Gasteiger partial charge in [-0.1, -0.05) is 18.2 Å². The van der Waals surface area contributed by atoms with Gasteiger partial charge in [-0.15, -0.1) is 0 Å². The minimum Gasteiger partial charge on any atom is -0.323 e. The lowest BCUT2D eigenvalue weighted by molar-refractivity contribution is 1.02. The Morgan fingerprint density at radius 2 is 1.64 bits per heavy atom. The molecule has 0 saturated carbocycles. The van der Waals surface area contributed by atoms with Crippen molar-refractivity contribution in [2.45, 2.75) is 6.92 Å². The van der Waals surface area contributed by atoms with Gasteiger partial charge in [0, 0.05) is 30.2 Å². The fourth-order valence-corrected chi connectivity index (χ4v) is 1.43. The van der Waals surface area contributed by atoms with E-state index in [9.17, 15) is 4.79 Å². The monoisotopic (exact) mass is 185 g/mol. The Bertz CT molecular complexity index is 479. The number of hydrogen-bond donors (Lipinski definition) is 0. The van der Waals surface area contributed by atoms with Crippen molar-refractivity contribution in [3.8, 4) is 5.69 Å². The first-order valence-electron chi connectivity index (χ1n) is 4.52. The lowest BCUT2D eigenvalue weighted by Crippen LogP contribution is -2.02. The highest BCUT2D eigenvalue weighted by atomic mass is 16.1. The normalized spacial score (nSPS) is 10.1. The Hall–Kier alpha value is -1.83. The molecule has 1 heterocycles. The third-order valence-electron chi connectivity index (χ3n) is 2.19. The molecule has 2 nitrogen and oxygen atoms in total. The highest BCUT2D eigenvalue weighted by Gasteiger charge is 1.96. The second-order valence-corrected chi connectivity index (χ2v) is 3.23. The Labute approximate surface area is 82.4 Å². The number of rotatable bonds is 1. The molecule has 0 aliphatic rings. The fourth-order valence-electron chi connectivity index (χ4n) is 1.43. The average molecular weight is 185 g/mol. The molecule has 0 radical (unpaired) electrons. The molecule has 0 aliphatic carbocycles. The van der Waals surface area contributed by atoms with Crippen LogP contribution in [0.3, 0.4) is 0 Å². The van der Waals surface area contributed by atoms with E-state index in [-0.39, 0.29) is 5.43 Å². The van der Waals surface area contributed by atoms with Crippen molar-refractivity contribution in [3.05, 3.63) is 64.6 Å². The van der Waals surface area contributed by atoms with Crippen molar-refractivity contribution in [2.75, 3.05) is 0 Å². The summed E-state index contributed by atoms with van der Waals surface area (Å²) in [6, 6.07) is 11.2. The van der Waals surface area contributed by atoms with Gasteiger partial charge in [0.1, 0.15) is 0 Å². The molecule has 0 aliphatic heterocycles. The topological polar surface area (TPSA) is 22.0 Å². The van der Waals surface area contributed by atoms with Crippen LogP contribution in [0, 0.1) is 6.92 Å². The molecular weight excluding hydrogens is 174 g/mol. The minimum absolute atomic E-state index is 0.0369. The van der Waals surface area contributed by atoms with Gasteiger partial charge in [-0.05, 0) is 18.6 Å². The second kappa shape index (κ2) is 3.50. The number of nitrogens with zero attached hydrogens (tertiary/aromatic N) is 1. The molecule has 0 fully saturated rings. The third-order valence-corrected chi connectivity index (χ3v) is 2.19. The average Bonchev–Trinajstić information content (AvgIpc) is 2.20. The van der Waals surface area contributed by atoms with Gasteiger partial charge >= 0.3 is 0 Å². The molecule has 70 valence electrons. The van der Waals surface area contributed by atoms with E-state index in [4.69, 9.17) is 0 Å². The molecule has 2 heteroatoms. The molecule has 2 aromatic rings. The summed E-state index contributed by atoms with van der Waals surface area (Å²) in [5, 5.41) is 0. The van der Waals surface area contributed by atoms with Gasteiger partial charge in [0.2, 0.25) is 0 Å². The van der Waals surface area contributed by atoms with E-state index < -0.39 is 0 Å². The van der Waals surface area contributed by atoms with E-state index in [1.807, 2.05) is 35.8 Å². The van der Waals surface area contributed by atoms with Crippen LogP contribution in [0.4, 0.5) is 0 Å². The van der Waals surface area contributed by atoms with Crippen LogP contribution in [0.2, 0.25) is 0 Å². The van der Waals surface area contributed by atoms with E-state index in [1.54, 1.807) is 24.5 Å². The third kappa shape index (κ3) is 1.59. The summed E-state index contributed by atoms with van der Waals surface area (Å²) in [7, 11) is 0. The zero-order chi connectivity index (χ0) is 9.97. The first-order chi connectivity index (χ1) is 6.77. The minimum atomic E-state index is 0.0369. The number of aromatic nitrogens is 1. The van der Waals surface area contributed by atoms with Gasteiger partial charge in [-0.2, -0.15) is 0 Å². The molecule has 1 aromatic carbocycles. The van der Waals surface area contributed by atoms with Crippen LogP contribution in [0.1, 0.15) is 5.56 Å². The first kappa shape index (κ1) is 8.75. The van der Waals surface area contributed by atoms with E-state index in [2.05, 4.69) is 0 Å². The van der Waals surface area contributed by atoms with Crippen molar-refractivity contribution < 1.29 is 0 Å². The van der Waals surface area contributed by atoms with Crippen LogP contribution >= 0.6 is 0 Å². The van der Waals surface area contributed by atoms with Gasteiger partial charge in [0.25, 0.3) is 0 Å². The SMILES string of the molecule is Cc1ccccc1-n1ccc(=O)cc1. The van der Waals surface area contributed by atoms with Crippen molar-refractivity contribution in [2.24, 2.45) is 0 Å². The van der Waals surface area contributed by atoms with Crippen molar-refractivity contribution >= 4 is 0 Å². The highest BCUT2D eigenvalue weighted by molar-refractivity contribution is 5.39. The van der Waals surface area contributed by atoms with E-state index in [0.717, 1.165) is 5.69 Å². The van der Waals surface area contributed by atoms with Crippen LogP contribution < -0.4 is 5.43 Å². The Balaban J connectivity index is 2.55. The summed E-state index contributed by atoms with van der Waals surface area (Å²) in [4.78, 5) is 10.9. The van der Waals surface area contributed by atoms with Gasteiger partial charge < -0.3 is 4.57 Å². The Kier molecular flexibility index (Phi) is 2.19. The summed E-state index contributed by atoms with van der Waals surface area (Å²) in [5.41, 5.74) is 2.33. The Morgan fingerprint density at radius 3 is 2.29 bits per heavy atom. The molecule has 0 bridgehead atoms. The maximum absolute atomic E-state index is 10.9. The van der Waals surface area contributed by atoms with Gasteiger partial charge in [-0.25, -0.2) is 0 Å². The zero-order valence-corrected chi connectivity index (χ0v) is 7.97. The van der Waals surface area contributed by atoms with E-state index in [0.29, 0.717) is 0 Å². The predicted molar refractivity (Wildman–Crippen MR) is 56.8 cm³/mol. The summed E-state index contributed by atoms with van der Waals surface area (Å²) in [6.45, 7) is 2.05. The van der Waals surface area contributed by atoms with Crippen LogP contribution in [0.5, 0.6) is 0 Å². The second-order valence-electron chi connectivity index (χ2n) is 3.23. The van der Waals surface area contributed by atoms with Crippen molar-refractivity contribution in [3.63, 3.8) is 0 Å². The molecule has 0 spiro atoms. The standard InChI is InChI=1S/C12H11NO/c1-10-4-2-3-5-12(10)13-8-6-11(14)7-9-13/h2-9H,1H3. The molecule has 0 saturated heterocycles. The molecular formula is C12H11NO. The number of hydrogen-bond acceptors (Lipinski definition) is 1. The summed E-state index contributed by atoms with van der Waals surface area (Å²) in [5.74, 6) is 0. The van der Waals surface area contributed by atoms with Crippen LogP contribution in [-0.2, 0) is 0 Å². The number of benzene rings is 1. The summed E-state index contributed by atoms with van der Waals surface area (Å²) >= 11 is 0. The number of aryl methyl sites for hydroxylation is 1. The lowest BCUT2D eigenvalue weighted by atomic mass is 10.2. The van der Waals surface area contributed by atoms with E-state index >= 15 is 0 Å². The van der Waals surface area contributed by atoms with Crippen LogP contribution in [-0.4, -0.2) is 4.57 Å². The Morgan fingerprint density at radius 1 is 1.00 bits per heavy atom. The van der Waals surface area contributed by atoms with Crippen LogP contribution in [0.25, 0.3) is 5.69 Å². The molecule has 14 heavy (non-hydrogen) atoms. The zero-order valence-electron chi connectivity index (χ0n) is 7.97. The van der Waals surface area contributed by atoms with Crippen molar-refractivity contribution in [1.82, 2.24) is 4.57 Å². The first-order valence-corrected chi connectivity index (χ1v) is 4.52. The number of para-hydroxylation sites is 1. The smallest absolute Gasteiger partial charge is 0.181 e. The van der Waals surface area contributed by atoms with Crippen LogP contribution in [0.15, 0.2) is 53.6 Å². The van der Waals surface area contributed by atoms with Gasteiger partial charge in [-0.3, -0.25) is 4.79 Å². The van der Waals surface area contributed by atoms with Gasteiger partial charge in [0.15, 0.2) is 5.43 Å². The largest absolute Gasteiger partial charge is 0.323 e. The quantitative estimate of drug-likeness (QED) is 0.667. The molecule has 0 N–H and O–H groups in total. The molecule has 0 amide bonds. The maximum Gasteiger partial charge on any atom is 0.181 e. The molecule has 0 unspecified atom stereocenters. The molecule has 1 aromatic heterocycles.